The van der Waals surface area contributed by atoms with Crippen LogP contribution in [-0.2, 0) is 9.59 Å². The van der Waals surface area contributed by atoms with Crippen LogP contribution in [-0.4, -0.2) is 46.8 Å². The number of rotatable bonds is 5. The first kappa shape index (κ1) is 15.9. The molecule has 2 aliphatic heterocycles. The summed E-state index contributed by atoms with van der Waals surface area (Å²) < 4.78 is 5.36. The monoisotopic (exact) mass is 333 g/mol. The predicted molar refractivity (Wildman–Crippen MR) is 90.9 cm³/mol. The molecule has 0 radical (unpaired) electrons. The Kier molecular flexibility index (Phi) is 4.85. The maximum Gasteiger partial charge on any atom is 0.242 e. The van der Waals surface area contributed by atoms with Crippen LogP contribution in [0.2, 0.25) is 0 Å². The maximum absolute atomic E-state index is 12.3. The Labute approximate surface area is 139 Å². The average molecular weight is 333 g/mol. The molecule has 1 aromatic rings. The van der Waals surface area contributed by atoms with Crippen molar-refractivity contribution in [1.29, 1.82) is 0 Å². The molecule has 0 bridgehead atoms. The number of fused-ring (bicyclic) bond motifs is 1. The molecule has 2 aliphatic rings. The van der Waals surface area contributed by atoms with E-state index in [0.29, 0.717) is 18.8 Å². The number of aliphatic imine (C=N–C) groups is 1. The van der Waals surface area contributed by atoms with Crippen LogP contribution in [0.1, 0.15) is 19.8 Å². The Hall–Kier alpha value is -2.02. The van der Waals surface area contributed by atoms with Crippen molar-refractivity contribution in [2.75, 3.05) is 25.0 Å². The first-order chi connectivity index (χ1) is 11.2. The molecule has 1 atom stereocenters. The minimum absolute atomic E-state index is 0.00436. The van der Waals surface area contributed by atoms with E-state index in [1.54, 1.807) is 17.0 Å². The van der Waals surface area contributed by atoms with Gasteiger partial charge in [-0.15, -0.1) is 0 Å². The second-order valence-electron chi connectivity index (χ2n) is 5.32. The SMILES string of the molecule is CCOc1ccc(NC(=O)CC2SC3=NCCCN3C2=O)cc1. The normalized spacial score (nSPS) is 20.0. The maximum atomic E-state index is 12.3. The lowest BCUT2D eigenvalue weighted by molar-refractivity contribution is -0.128. The Morgan fingerprint density at radius 3 is 2.91 bits per heavy atom. The van der Waals surface area contributed by atoms with Crippen molar-refractivity contribution in [3.05, 3.63) is 24.3 Å². The zero-order valence-electron chi connectivity index (χ0n) is 12.9. The number of hydrogen-bond donors (Lipinski definition) is 1. The second kappa shape index (κ2) is 7.04. The number of amides is 2. The fraction of sp³-hybridized carbons (Fsp3) is 0.438. The summed E-state index contributed by atoms with van der Waals surface area (Å²) in [5.74, 6) is 0.595. The minimum Gasteiger partial charge on any atom is -0.494 e. The van der Waals surface area contributed by atoms with Crippen molar-refractivity contribution in [2.24, 2.45) is 4.99 Å². The molecule has 23 heavy (non-hydrogen) atoms. The van der Waals surface area contributed by atoms with Crippen molar-refractivity contribution in [3.8, 4) is 5.75 Å². The molecule has 7 heteroatoms. The van der Waals surface area contributed by atoms with Crippen LogP contribution < -0.4 is 10.1 Å². The van der Waals surface area contributed by atoms with Gasteiger partial charge in [0.25, 0.3) is 0 Å². The van der Waals surface area contributed by atoms with E-state index in [-0.39, 0.29) is 23.5 Å². The van der Waals surface area contributed by atoms with E-state index in [4.69, 9.17) is 4.74 Å². The average Bonchev–Trinajstić information content (AvgIpc) is 2.86. The predicted octanol–water partition coefficient (Wildman–Crippen LogP) is 2.12. The zero-order chi connectivity index (χ0) is 16.2. The molecule has 1 N–H and O–H groups in total. The van der Waals surface area contributed by atoms with Gasteiger partial charge in [-0.25, -0.2) is 0 Å². The van der Waals surface area contributed by atoms with E-state index < -0.39 is 0 Å². The van der Waals surface area contributed by atoms with Gasteiger partial charge >= 0.3 is 0 Å². The summed E-state index contributed by atoms with van der Waals surface area (Å²) in [4.78, 5) is 30.5. The standard InChI is InChI=1S/C16H19N3O3S/c1-2-22-12-6-4-11(5-7-12)18-14(20)10-13-15(21)19-9-3-8-17-16(19)23-13/h4-7,13H,2-3,8-10H2,1H3,(H,18,20). The molecular weight excluding hydrogens is 314 g/mol. The Morgan fingerprint density at radius 2 is 2.22 bits per heavy atom. The van der Waals surface area contributed by atoms with E-state index in [1.165, 1.54) is 11.8 Å². The van der Waals surface area contributed by atoms with Gasteiger partial charge in [0.15, 0.2) is 5.17 Å². The third-order valence-electron chi connectivity index (χ3n) is 3.63. The fourth-order valence-electron chi connectivity index (χ4n) is 2.55. The van der Waals surface area contributed by atoms with Crippen LogP contribution >= 0.6 is 11.8 Å². The molecule has 2 heterocycles. The molecule has 1 fully saturated rings. The molecule has 2 amide bonds. The van der Waals surface area contributed by atoms with Gasteiger partial charge < -0.3 is 10.1 Å². The highest BCUT2D eigenvalue weighted by Gasteiger charge is 2.39. The third-order valence-corrected chi connectivity index (χ3v) is 4.84. The van der Waals surface area contributed by atoms with Gasteiger partial charge in [-0.2, -0.15) is 0 Å². The molecule has 6 nitrogen and oxygen atoms in total. The molecule has 1 aromatic carbocycles. The summed E-state index contributed by atoms with van der Waals surface area (Å²) in [6, 6.07) is 7.20. The molecule has 1 saturated heterocycles. The quantitative estimate of drug-likeness (QED) is 0.896. The Morgan fingerprint density at radius 1 is 1.43 bits per heavy atom. The number of carbonyl (C=O) groups excluding carboxylic acids is 2. The summed E-state index contributed by atoms with van der Waals surface area (Å²) in [5.41, 5.74) is 0.698. The first-order valence-corrected chi connectivity index (χ1v) is 8.60. The number of hydrogen-bond acceptors (Lipinski definition) is 5. The van der Waals surface area contributed by atoms with Gasteiger partial charge in [0.05, 0.1) is 6.61 Å². The lowest BCUT2D eigenvalue weighted by Gasteiger charge is -2.19. The molecular formula is C16H19N3O3S. The number of anilines is 1. The third kappa shape index (κ3) is 3.67. The molecule has 122 valence electrons. The minimum atomic E-state index is -0.366. The summed E-state index contributed by atoms with van der Waals surface area (Å²) in [6.07, 6.45) is 1.05. The molecule has 0 aromatic heterocycles. The lowest BCUT2D eigenvalue weighted by atomic mass is 10.2. The van der Waals surface area contributed by atoms with E-state index >= 15 is 0 Å². The smallest absolute Gasteiger partial charge is 0.242 e. The fourth-order valence-corrected chi connectivity index (χ4v) is 3.74. The largest absolute Gasteiger partial charge is 0.494 e. The van der Waals surface area contributed by atoms with Crippen LogP contribution in [0.25, 0.3) is 0 Å². The van der Waals surface area contributed by atoms with Crippen LogP contribution in [0.5, 0.6) is 5.75 Å². The molecule has 0 spiro atoms. The number of amidine groups is 1. The highest BCUT2D eigenvalue weighted by Crippen LogP contribution is 2.31. The molecule has 0 aliphatic carbocycles. The highest BCUT2D eigenvalue weighted by molar-refractivity contribution is 8.15. The van der Waals surface area contributed by atoms with Gasteiger partial charge in [-0.1, -0.05) is 11.8 Å². The van der Waals surface area contributed by atoms with E-state index in [0.717, 1.165) is 23.9 Å². The van der Waals surface area contributed by atoms with E-state index in [2.05, 4.69) is 10.3 Å². The number of nitrogens with one attached hydrogen (secondary N) is 1. The van der Waals surface area contributed by atoms with Crippen LogP contribution in [0.4, 0.5) is 5.69 Å². The van der Waals surface area contributed by atoms with Crippen molar-refractivity contribution >= 4 is 34.4 Å². The van der Waals surface area contributed by atoms with Gasteiger partial charge in [0, 0.05) is 25.2 Å². The Balaban J connectivity index is 1.56. The van der Waals surface area contributed by atoms with Gasteiger partial charge in [0.2, 0.25) is 11.8 Å². The van der Waals surface area contributed by atoms with Crippen LogP contribution in [0.3, 0.4) is 0 Å². The summed E-state index contributed by atoms with van der Waals surface area (Å²) in [5, 5.41) is 3.22. The number of nitrogens with zero attached hydrogens (tertiary/aromatic N) is 2. The molecule has 3 rings (SSSR count). The van der Waals surface area contributed by atoms with E-state index in [1.807, 2.05) is 19.1 Å². The van der Waals surface area contributed by atoms with Crippen LogP contribution in [0.15, 0.2) is 29.3 Å². The molecule has 0 saturated carbocycles. The second-order valence-corrected chi connectivity index (χ2v) is 6.49. The van der Waals surface area contributed by atoms with Crippen LogP contribution in [0, 0.1) is 0 Å². The summed E-state index contributed by atoms with van der Waals surface area (Å²) in [7, 11) is 0. The van der Waals surface area contributed by atoms with Crippen molar-refractivity contribution in [2.45, 2.75) is 25.0 Å². The lowest BCUT2D eigenvalue weighted by Crippen LogP contribution is -2.36. The van der Waals surface area contributed by atoms with Gasteiger partial charge in [-0.05, 0) is 37.6 Å². The highest BCUT2D eigenvalue weighted by atomic mass is 32.2. The van der Waals surface area contributed by atoms with Crippen molar-refractivity contribution in [1.82, 2.24) is 4.90 Å². The van der Waals surface area contributed by atoms with Gasteiger partial charge in [-0.3, -0.25) is 19.5 Å². The first-order valence-electron chi connectivity index (χ1n) is 7.72. The topological polar surface area (TPSA) is 71.0 Å². The number of ether oxygens (including phenoxy) is 1. The van der Waals surface area contributed by atoms with Gasteiger partial charge in [0.1, 0.15) is 11.0 Å². The number of thioether (sulfide) groups is 1. The number of benzene rings is 1. The van der Waals surface area contributed by atoms with Crippen molar-refractivity contribution in [3.63, 3.8) is 0 Å². The van der Waals surface area contributed by atoms with Crippen molar-refractivity contribution < 1.29 is 14.3 Å². The summed E-state index contributed by atoms with van der Waals surface area (Å²) >= 11 is 1.40. The number of carbonyl (C=O) groups is 2. The molecule has 1 unspecified atom stereocenters. The van der Waals surface area contributed by atoms with E-state index in [9.17, 15) is 9.59 Å². The zero-order valence-corrected chi connectivity index (χ0v) is 13.8. The summed E-state index contributed by atoms with van der Waals surface area (Å²) in [6.45, 7) is 4.00. The Bertz CT molecular complexity index is 630.